The molecule has 1 saturated carbocycles. The molecule has 1 fully saturated rings. The summed E-state index contributed by atoms with van der Waals surface area (Å²) in [4.78, 5) is 0. The van der Waals surface area contributed by atoms with Crippen molar-refractivity contribution in [3.63, 3.8) is 0 Å². The molecule has 0 aromatic heterocycles. The molecule has 0 unspecified atom stereocenters. The van der Waals surface area contributed by atoms with E-state index in [1.54, 1.807) is 0 Å². The monoisotopic (exact) mass is 124 g/mol. The fourth-order valence-corrected chi connectivity index (χ4v) is 1.06. The van der Waals surface area contributed by atoms with E-state index in [0.717, 1.165) is 0 Å². The van der Waals surface area contributed by atoms with Crippen LogP contribution in [0.25, 0.3) is 0 Å². The molecule has 7 heavy (non-hydrogen) atoms. The van der Waals surface area contributed by atoms with E-state index >= 15 is 0 Å². The first kappa shape index (κ1) is 8.64. The average Bonchev–Trinajstić information content (AvgIpc) is 1.72. The molecule has 1 aliphatic carbocycles. The van der Waals surface area contributed by atoms with Gasteiger partial charge in [0.15, 0.2) is 0 Å². The zero-order valence-corrected chi connectivity index (χ0v) is 4.24. The van der Waals surface area contributed by atoms with Crippen LogP contribution < -0.4 is 0 Å². The fourth-order valence-electron chi connectivity index (χ4n) is 1.06. The van der Waals surface area contributed by atoms with Crippen molar-refractivity contribution in [1.29, 1.82) is 0 Å². The van der Waals surface area contributed by atoms with Crippen LogP contribution in [0.4, 0.5) is 0 Å². The predicted molar refractivity (Wildman–Crippen MR) is 34.9 cm³/mol. The number of rotatable bonds is 0. The molecule has 0 nitrogen and oxygen atoms in total. The molecule has 0 atom stereocenters. The summed E-state index contributed by atoms with van der Waals surface area (Å²) in [6, 6.07) is 0. The molecule has 0 spiro atoms. The summed E-state index contributed by atoms with van der Waals surface area (Å²) < 4.78 is 0. The first-order valence-electron chi connectivity index (χ1n) is 3.00. The van der Waals surface area contributed by atoms with Gasteiger partial charge in [0, 0.05) is 0 Å². The summed E-state index contributed by atoms with van der Waals surface area (Å²) in [7, 11) is 0. The van der Waals surface area contributed by atoms with Gasteiger partial charge in [0.1, 0.15) is 0 Å². The van der Waals surface area contributed by atoms with Crippen LogP contribution in [-0.4, -0.2) is 51.4 Å². The molecular formula is C6H13K. The van der Waals surface area contributed by atoms with E-state index in [1.165, 1.54) is 38.5 Å². The van der Waals surface area contributed by atoms with E-state index in [2.05, 4.69) is 0 Å². The fraction of sp³-hybridized carbons (Fsp3) is 1.00. The summed E-state index contributed by atoms with van der Waals surface area (Å²) in [5.41, 5.74) is 0. The molecule has 1 heteroatoms. The second-order valence-electron chi connectivity index (χ2n) is 2.12. The molecule has 0 bridgehead atoms. The van der Waals surface area contributed by atoms with Crippen LogP contribution in [0.1, 0.15) is 38.5 Å². The minimum atomic E-state index is 0. The first-order chi connectivity index (χ1) is 3.00. The van der Waals surface area contributed by atoms with Gasteiger partial charge < -0.3 is 0 Å². The Morgan fingerprint density at radius 1 is 0.429 bits per heavy atom. The summed E-state index contributed by atoms with van der Waals surface area (Å²) in [6.07, 6.45) is 9.00. The number of hydrogen-bond acceptors (Lipinski definition) is 0. The molecule has 1 aliphatic rings. The Hall–Kier alpha value is 1.64. The quantitative estimate of drug-likeness (QED) is 0.431. The van der Waals surface area contributed by atoms with Gasteiger partial charge in [-0.3, -0.25) is 0 Å². The van der Waals surface area contributed by atoms with Gasteiger partial charge in [-0.15, -0.1) is 0 Å². The molecule has 0 heterocycles. The standard InChI is InChI=1S/C6H12.K.H/c1-2-4-6-5-3-1;;/h1-6H2;;. The van der Waals surface area contributed by atoms with Crippen LogP contribution in [-0.2, 0) is 0 Å². The topological polar surface area (TPSA) is 0 Å². The predicted octanol–water partition coefficient (Wildman–Crippen LogP) is 1.69. The second-order valence-corrected chi connectivity index (χ2v) is 2.12. The van der Waals surface area contributed by atoms with Crippen LogP contribution in [0.2, 0.25) is 0 Å². The van der Waals surface area contributed by atoms with Crippen LogP contribution in [0, 0.1) is 0 Å². The van der Waals surface area contributed by atoms with Crippen molar-refractivity contribution < 1.29 is 0 Å². The van der Waals surface area contributed by atoms with E-state index in [9.17, 15) is 0 Å². The molecule has 0 aromatic carbocycles. The van der Waals surface area contributed by atoms with Gasteiger partial charge in [-0.1, -0.05) is 38.5 Å². The molecule has 0 aliphatic heterocycles. The normalized spacial score (nSPS) is 20.6. The minimum absolute atomic E-state index is 0. The zero-order valence-electron chi connectivity index (χ0n) is 4.24. The van der Waals surface area contributed by atoms with Crippen molar-refractivity contribution in [1.82, 2.24) is 0 Å². The molecule has 0 radical (unpaired) electrons. The van der Waals surface area contributed by atoms with Crippen LogP contribution in [0.15, 0.2) is 0 Å². The number of hydrogen-bond donors (Lipinski definition) is 0. The third-order valence-corrected chi connectivity index (χ3v) is 1.50. The molecular weight excluding hydrogens is 111 g/mol. The second kappa shape index (κ2) is 5.77. The van der Waals surface area contributed by atoms with Gasteiger partial charge in [-0.25, -0.2) is 0 Å². The molecule has 0 N–H and O–H groups in total. The third-order valence-electron chi connectivity index (χ3n) is 1.50. The van der Waals surface area contributed by atoms with Gasteiger partial charge in [-0.2, -0.15) is 0 Å². The molecule has 1 rings (SSSR count). The van der Waals surface area contributed by atoms with Crippen molar-refractivity contribution in [3.8, 4) is 0 Å². The maximum atomic E-state index is 1.50. The van der Waals surface area contributed by atoms with Gasteiger partial charge in [0.2, 0.25) is 0 Å². The van der Waals surface area contributed by atoms with Crippen LogP contribution in [0.5, 0.6) is 0 Å². The summed E-state index contributed by atoms with van der Waals surface area (Å²) >= 11 is 0. The summed E-state index contributed by atoms with van der Waals surface area (Å²) in [5.74, 6) is 0. The Kier molecular flexibility index (Phi) is 7.12. The van der Waals surface area contributed by atoms with E-state index in [-0.39, 0.29) is 51.4 Å². The average molecular weight is 124 g/mol. The molecule has 0 saturated heterocycles. The van der Waals surface area contributed by atoms with Gasteiger partial charge in [0.05, 0.1) is 0 Å². The van der Waals surface area contributed by atoms with Crippen molar-refractivity contribution >= 4 is 51.4 Å². The first-order valence-corrected chi connectivity index (χ1v) is 3.00. The van der Waals surface area contributed by atoms with Crippen LogP contribution >= 0.6 is 0 Å². The van der Waals surface area contributed by atoms with E-state index < -0.39 is 0 Å². The van der Waals surface area contributed by atoms with Crippen LogP contribution in [0.3, 0.4) is 0 Å². The SMILES string of the molecule is C1CCCCC1.[KH]. The Balaban J connectivity index is 0.000000360. The van der Waals surface area contributed by atoms with Crippen molar-refractivity contribution in [3.05, 3.63) is 0 Å². The van der Waals surface area contributed by atoms with Crippen molar-refractivity contribution in [2.45, 2.75) is 38.5 Å². The van der Waals surface area contributed by atoms with E-state index in [0.29, 0.717) is 0 Å². The molecule has 38 valence electrons. The van der Waals surface area contributed by atoms with Gasteiger partial charge in [-0.05, 0) is 0 Å². The van der Waals surface area contributed by atoms with Crippen molar-refractivity contribution in [2.75, 3.05) is 0 Å². The maximum absolute atomic E-state index is 1.50. The van der Waals surface area contributed by atoms with Gasteiger partial charge in [0.25, 0.3) is 0 Å². The molecule has 0 aromatic rings. The summed E-state index contributed by atoms with van der Waals surface area (Å²) in [6.45, 7) is 0. The van der Waals surface area contributed by atoms with E-state index in [1.807, 2.05) is 0 Å². The summed E-state index contributed by atoms with van der Waals surface area (Å²) in [5, 5.41) is 0. The third kappa shape index (κ3) is 4.16. The zero-order chi connectivity index (χ0) is 4.24. The Bertz CT molecular complexity index is 19.7. The Labute approximate surface area is 88.5 Å². The van der Waals surface area contributed by atoms with E-state index in [4.69, 9.17) is 0 Å². The Morgan fingerprint density at radius 3 is 0.714 bits per heavy atom. The van der Waals surface area contributed by atoms with Crippen molar-refractivity contribution in [2.24, 2.45) is 0 Å². The van der Waals surface area contributed by atoms with Gasteiger partial charge >= 0.3 is 51.4 Å². The molecule has 0 amide bonds. The Morgan fingerprint density at radius 2 is 0.571 bits per heavy atom.